The van der Waals surface area contributed by atoms with Crippen LogP contribution in [0.2, 0.25) is 0 Å². The first kappa shape index (κ1) is 23.0. The Morgan fingerprint density at radius 3 is 2.36 bits per heavy atom. The highest BCUT2D eigenvalue weighted by molar-refractivity contribution is 7.99. The van der Waals surface area contributed by atoms with Crippen LogP contribution in [0.15, 0.2) is 76.5 Å². The van der Waals surface area contributed by atoms with E-state index in [2.05, 4.69) is 47.6 Å². The maximum absolute atomic E-state index is 12.6. The van der Waals surface area contributed by atoms with Crippen molar-refractivity contribution in [3.05, 3.63) is 88.2 Å². The zero-order valence-corrected chi connectivity index (χ0v) is 20.5. The van der Waals surface area contributed by atoms with Gasteiger partial charge in [-0.05, 0) is 80.5 Å². The van der Waals surface area contributed by atoms with Crippen molar-refractivity contribution < 1.29 is 4.79 Å². The van der Waals surface area contributed by atoms with Crippen LogP contribution < -0.4 is 5.32 Å². The zero-order valence-electron chi connectivity index (χ0n) is 18.9. The molecule has 2 N–H and O–H groups in total. The van der Waals surface area contributed by atoms with Crippen LogP contribution in [-0.2, 0) is 11.3 Å². The van der Waals surface area contributed by atoms with Gasteiger partial charge in [-0.25, -0.2) is 0 Å². The summed E-state index contributed by atoms with van der Waals surface area (Å²) in [6.07, 6.45) is 0.297. The largest absolute Gasteiger partial charge is 0.326 e. The Morgan fingerprint density at radius 2 is 1.67 bits per heavy atom. The van der Waals surface area contributed by atoms with E-state index in [0.29, 0.717) is 17.7 Å². The third kappa shape index (κ3) is 5.80. The molecule has 0 unspecified atom stereocenters. The van der Waals surface area contributed by atoms with Crippen molar-refractivity contribution in [3.8, 4) is 11.4 Å². The number of aromatic amines is 1. The van der Waals surface area contributed by atoms with Gasteiger partial charge in [-0.1, -0.05) is 47.7 Å². The quantitative estimate of drug-likeness (QED) is 0.292. The number of hydrogen-bond acceptors (Lipinski definition) is 4. The Kier molecular flexibility index (Phi) is 7.11. The molecule has 7 heteroatoms. The molecule has 0 aliphatic heterocycles. The molecule has 0 atom stereocenters. The van der Waals surface area contributed by atoms with Crippen LogP contribution in [0.3, 0.4) is 0 Å². The molecule has 0 aliphatic carbocycles. The third-order valence-electron chi connectivity index (χ3n) is 5.48. The SMILES string of the molecule is Cc1ccc(-c2n[nH]c(=S)n2CCC(=O)Nc2ccc(Sc3ccc(C)c(C)c3)cc2)cc1. The second-order valence-corrected chi connectivity index (χ2v) is 9.57. The maximum Gasteiger partial charge on any atom is 0.226 e. The number of aryl methyl sites for hydroxylation is 3. The van der Waals surface area contributed by atoms with E-state index in [1.807, 2.05) is 60.0 Å². The molecule has 0 bridgehead atoms. The number of aromatic nitrogens is 3. The molecule has 1 aromatic heterocycles. The number of anilines is 1. The maximum atomic E-state index is 12.6. The molecule has 5 nitrogen and oxygen atoms in total. The number of rotatable bonds is 7. The van der Waals surface area contributed by atoms with Crippen LogP contribution in [0, 0.1) is 25.5 Å². The molecule has 33 heavy (non-hydrogen) atoms. The van der Waals surface area contributed by atoms with Gasteiger partial charge in [0.15, 0.2) is 10.6 Å². The highest BCUT2D eigenvalue weighted by Gasteiger charge is 2.11. The summed E-state index contributed by atoms with van der Waals surface area (Å²) in [4.78, 5) is 14.9. The van der Waals surface area contributed by atoms with E-state index in [1.165, 1.54) is 21.6 Å². The lowest BCUT2D eigenvalue weighted by atomic mass is 10.1. The summed E-state index contributed by atoms with van der Waals surface area (Å²) >= 11 is 7.08. The standard InChI is InChI=1S/C26H26N4OS2/c1-17-4-7-20(8-5-17)25-28-29-26(32)30(25)15-14-24(31)27-21-9-12-22(13-10-21)33-23-11-6-18(2)19(3)16-23/h4-13,16H,14-15H2,1-3H3,(H,27,31)(H,29,32). The number of hydrogen-bond donors (Lipinski definition) is 2. The molecular formula is C26H26N4OS2. The van der Waals surface area contributed by atoms with Crippen molar-refractivity contribution in [1.82, 2.24) is 14.8 Å². The summed E-state index contributed by atoms with van der Waals surface area (Å²) in [5, 5.41) is 10.2. The monoisotopic (exact) mass is 474 g/mol. The number of carbonyl (C=O) groups is 1. The van der Waals surface area contributed by atoms with Gasteiger partial charge in [0, 0.05) is 34.0 Å². The van der Waals surface area contributed by atoms with Crippen LogP contribution in [0.25, 0.3) is 11.4 Å². The van der Waals surface area contributed by atoms with Crippen LogP contribution in [0.4, 0.5) is 5.69 Å². The fourth-order valence-electron chi connectivity index (χ4n) is 3.40. The summed E-state index contributed by atoms with van der Waals surface area (Å²) in [7, 11) is 0. The summed E-state index contributed by atoms with van der Waals surface area (Å²) in [5.41, 5.74) is 5.49. The van der Waals surface area contributed by atoms with Crippen LogP contribution in [0.5, 0.6) is 0 Å². The van der Waals surface area contributed by atoms with Crippen molar-refractivity contribution >= 4 is 35.6 Å². The minimum Gasteiger partial charge on any atom is -0.326 e. The molecule has 1 heterocycles. The second-order valence-electron chi connectivity index (χ2n) is 8.04. The van der Waals surface area contributed by atoms with E-state index in [4.69, 9.17) is 12.2 Å². The van der Waals surface area contributed by atoms with E-state index in [9.17, 15) is 4.79 Å². The Morgan fingerprint density at radius 1 is 0.970 bits per heavy atom. The molecule has 0 spiro atoms. The summed E-state index contributed by atoms with van der Waals surface area (Å²) in [6, 6.07) is 22.5. The van der Waals surface area contributed by atoms with E-state index >= 15 is 0 Å². The average Bonchev–Trinajstić information content (AvgIpc) is 3.17. The van der Waals surface area contributed by atoms with E-state index < -0.39 is 0 Å². The highest BCUT2D eigenvalue weighted by atomic mass is 32.2. The Bertz CT molecular complexity index is 1320. The Hall–Kier alpha value is -3.16. The van der Waals surface area contributed by atoms with Gasteiger partial charge >= 0.3 is 0 Å². The molecule has 4 aromatic rings. The third-order valence-corrected chi connectivity index (χ3v) is 6.79. The molecule has 0 saturated carbocycles. The van der Waals surface area contributed by atoms with Crippen molar-refractivity contribution in [1.29, 1.82) is 0 Å². The van der Waals surface area contributed by atoms with Gasteiger partial charge in [-0.2, -0.15) is 5.10 Å². The predicted octanol–water partition coefficient (Wildman–Crippen LogP) is 6.71. The number of nitrogens with one attached hydrogen (secondary N) is 2. The minimum atomic E-state index is -0.0671. The van der Waals surface area contributed by atoms with Gasteiger partial charge in [0.05, 0.1) is 0 Å². The lowest BCUT2D eigenvalue weighted by Gasteiger charge is -2.09. The lowest BCUT2D eigenvalue weighted by Crippen LogP contribution is -2.15. The lowest BCUT2D eigenvalue weighted by molar-refractivity contribution is -0.116. The topological polar surface area (TPSA) is 62.7 Å². The smallest absolute Gasteiger partial charge is 0.226 e. The summed E-state index contributed by atoms with van der Waals surface area (Å²) < 4.78 is 2.37. The molecule has 3 aromatic carbocycles. The molecule has 0 aliphatic rings. The van der Waals surface area contributed by atoms with Gasteiger partial charge in [0.1, 0.15) is 0 Å². The van der Waals surface area contributed by atoms with Crippen molar-refractivity contribution in [2.45, 2.75) is 43.5 Å². The summed E-state index contributed by atoms with van der Waals surface area (Å²) in [6.45, 7) is 6.73. The molecule has 0 radical (unpaired) electrons. The highest BCUT2D eigenvalue weighted by Crippen LogP contribution is 2.30. The zero-order chi connectivity index (χ0) is 23.4. The van der Waals surface area contributed by atoms with Crippen molar-refractivity contribution in [2.24, 2.45) is 0 Å². The molecular weight excluding hydrogens is 448 g/mol. The van der Waals surface area contributed by atoms with Gasteiger partial charge < -0.3 is 5.32 Å². The second kappa shape index (κ2) is 10.2. The fourth-order valence-corrected chi connectivity index (χ4v) is 4.54. The van der Waals surface area contributed by atoms with Gasteiger partial charge in [-0.15, -0.1) is 0 Å². The van der Waals surface area contributed by atoms with Crippen LogP contribution >= 0.6 is 24.0 Å². The molecule has 4 rings (SSSR count). The summed E-state index contributed by atoms with van der Waals surface area (Å²) in [5.74, 6) is 0.669. The number of amides is 1. The molecule has 0 fully saturated rings. The minimum absolute atomic E-state index is 0.0671. The first-order chi connectivity index (χ1) is 15.9. The first-order valence-electron chi connectivity index (χ1n) is 10.8. The van der Waals surface area contributed by atoms with Crippen LogP contribution in [0.1, 0.15) is 23.1 Å². The van der Waals surface area contributed by atoms with E-state index in [1.54, 1.807) is 11.8 Å². The number of nitrogens with zero attached hydrogens (tertiary/aromatic N) is 2. The molecule has 1 amide bonds. The van der Waals surface area contributed by atoms with Gasteiger partial charge in [0.2, 0.25) is 5.91 Å². The van der Waals surface area contributed by atoms with E-state index in [0.717, 1.165) is 22.0 Å². The number of carbonyl (C=O) groups excluding carboxylic acids is 1. The fraction of sp³-hybridized carbons (Fsp3) is 0.192. The molecule has 0 saturated heterocycles. The van der Waals surface area contributed by atoms with Crippen molar-refractivity contribution in [2.75, 3.05) is 5.32 Å². The average molecular weight is 475 g/mol. The predicted molar refractivity (Wildman–Crippen MR) is 137 cm³/mol. The van der Waals surface area contributed by atoms with Crippen molar-refractivity contribution in [3.63, 3.8) is 0 Å². The normalized spacial score (nSPS) is 10.9. The number of H-pyrrole nitrogens is 1. The van der Waals surface area contributed by atoms with Crippen LogP contribution in [-0.4, -0.2) is 20.7 Å². The Labute approximate surface area is 203 Å². The Balaban J connectivity index is 1.36. The van der Waals surface area contributed by atoms with Gasteiger partial charge in [0.25, 0.3) is 0 Å². The number of benzene rings is 3. The first-order valence-corrected chi connectivity index (χ1v) is 12.0. The van der Waals surface area contributed by atoms with E-state index in [-0.39, 0.29) is 5.91 Å². The van der Waals surface area contributed by atoms with Gasteiger partial charge in [-0.3, -0.25) is 14.5 Å². The molecule has 168 valence electrons.